The van der Waals surface area contributed by atoms with Gasteiger partial charge in [0, 0.05) is 19.5 Å². The molecule has 0 heterocycles. The first-order valence-corrected chi connectivity index (χ1v) is 15.1. The van der Waals surface area contributed by atoms with Crippen LogP contribution >= 0.6 is 0 Å². The summed E-state index contributed by atoms with van der Waals surface area (Å²) in [5.41, 5.74) is 1.62. The summed E-state index contributed by atoms with van der Waals surface area (Å²) in [4.78, 5) is 23.6. The number of hydrogen-bond acceptors (Lipinski definition) is 6. The molecule has 2 aromatic carbocycles. The molecule has 1 saturated carbocycles. The van der Waals surface area contributed by atoms with Crippen LogP contribution in [0.25, 0.3) is 0 Å². The van der Waals surface area contributed by atoms with Crippen LogP contribution in [0, 0.1) is 12.8 Å². The van der Waals surface area contributed by atoms with E-state index in [1.54, 1.807) is 25.1 Å². The maximum atomic E-state index is 12.8. The summed E-state index contributed by atoms with van der Waals surface area (Å²) in [5, 5.41) is 5.26. The Balaban J connectivity index is 1.56. The van der Waals surface area contributed by atoms with Crippen LogP contribution in [0.2, 0.25) is 0 Å². The van der Waals surface area contributed by atoms with Crippen LogP contribution < -0.4 is 20.1 Å². The Labute approximate surface area is 218 Å². The zero-order valence-electron chi connectivity index (χ0n) is 21.2. The second-order valence-corrected chi connectivity index (χ2v) is 12.9. The molecule has 0 aliphatic heterocycles. The Hall–Kier alpha value is -2.96. The Morgan fingerprint density at radius 2 is 1.57 bits per heavy atom. The monoisotopic (exact) mass is 550 g/mol. The van der Waals surface area contributed by atoms with E-state index in [0.717, 1.165) is 31.2 Å². The van der Waals surface area contributed by atoms with E-state index in [9.17, 15) is 26.4 Å². The van der Waals surface area contributed by atoms with E-state index in [-0.39, 0.29) is 34.0 Å². The first kappa shape index (κ1) is 28.6. The molecule has 3 amide bonds. The average molecular weight is 551 g/mol. The van der Waals surface area contributed by atoms with Crippen molar-refractivity contribution in [1.82, 2.24) is 14.8 Å². The van der Waals surface area contributed by atoms with Crippen LogP contribution in [0.5, 0.6) is 0 Å². The third-order valence-electron chi connectivity index (χ3n) is 6.25. The summed E-state index contributed by atoms with van der Waals surface area (Å²) >= 11 is 0. The van der Waals surface area contributed by atoms with Gasteiger partial charge in [-0.25, -0.2) is 31.1 Å². The highest BCUT2D eigenvalue weighted by Crippen LogP contribution is 2.24. The normalized spacial score (nSPS) is 18.1. The molecule has 1 aliphatic carbocycles. The molecule has 3 rings (SSSR count). The van der Waals surface area contributed by atoms with Gasteiger partial charge in [-0.1, -0.05) is 25.1 Å². The van der Waals surface area contributed by atoms with Gasteiger partial charge >= 0.3 is 6.03 Å². The molecule has 12 heteroatoms. The molecule has 0 spiro atoms. The van der Waals surface area contributed by atoms with Crippen LogP contribution in [0.3, 0.4) is 0 Å². The molecule has 37 heavy (non-hydrogen) atoms. The molecule has 0 radical (unpaired) electrons. The first-order valence-electron chi connectivity index (χ1n) is 12.2. The fourth-order valence-corrected chi connectivity index (χ4v) is 6.38. The summed E-state index contributed by atoms with van der Waals surface area (Å²) in [6.45, 7) is 5.27. The highest BCUT2D eigenvalue weighted by atomic mass is 32.2. The Morgan fingerprint density at radius 3 is 2.19 bits per heavy atom. The minimum absolute atomic E-state index is 0.0313. The van der Waals surface area contributed by atoms with E-state index in [0.29, 0.717) is 17.9 Å². The van der Waals surface area contributed by atoms with Gasteiger partial charge in [0.1, 0.15) is 4.90 Å². The standard InChI is InChI=1S/C25H34N4O6S2/c1-17-4-9-21(10-5-17)28-25(31)29-36(32,33)22-11-7-20(8-12-22)14-15-26-37(34,35)24-16-18(2)6-13-23(24)27-19(3)30/h6-8,11-13,16-17,21,26H,4-5,9-10,14-15H2,1-3H3,(H,27,30)(H2,28,29,31). The number of sulfonamides is 2. The Kier molecular flexibility index (Phi) is 9.32. The van der Waals surface area contributed by atoms with Crippen LogP contribution in [-0.2, 0) is 31.3 Å². The predicted molar refractivity (Wildman–Crippen MR) is 141 cm³/mol. The van der Waals surface area contributed by atoms with E-state index in [2.05, 4.69) is 27.0 Å². The van der Waals surface area contributed by atoms with Crippen molar-refractivity contribution in [1.29, 1.82) is 0 Å². The molecule has 0 unspecified atom stereocenters. The smallest absolute Gasteiger partial charge is 0.328 e. The molecule has 0 aromatic heterocycles. The summed E-state index contributed by atoms with van der Waals surface area (Å²) in [6.07, 6.45) is 3.94. The second-order valence-electron chi connectivity index (χ2n) is 9.51. The topological polar surface area (TPSA) is 151 Å². The van der Waals surface area contributed by atoms with Gasteiger partial charge < -0.3 is 10.6 Å². The molecule has 0 saturated heterocycles. The minimum Gasteiger partial charge on any atom is -0.335 e. The molecule has 10 nitrogen and oxygen atoms in total. The SMILES string of the molecule is CC(=O)Nc1ccc(C)cc1S(=O)(=O)NCCc1ccc(S(=O)(=O)NC(=O)NC2CCC(C)CC2)cc1. The van der Waals surface area contributed by atoms with Gasteiger partial charge in [-0.05, 0) is 80.3 Å². The summed E-state index contributed by atoms with van der Waals surface area (Å²) in [7, 11) is -7.95. The van der Waals surface area contributed by atoms with Crippen LogP contribution in [0.4, 0.5) is 10.5 Å². The number of rotatable bonds is 9. The van der Waals surface area contributed by atoms with Crippen molar-refractivity contribution in [3.8, 4) is 0 Å². The van der Waals surface area contributed by atoms with E-state index < -0.39 is 26.1 Å². The maximum Gasteiger partial charge on any atom is 0.328 e. The zero-order chi connectivity index (χ0) is 27.2. The van der Waals surface area contributed by atoms with E-state index in [1.807, 2.05) is 0 Å². The predicted octanol–water partition coefficient (Wildman–Crippen LogP) is 3.04. The third-order valence-corrected chi connectivity index (χ3v) is 9.10. The van der Waals surface area contributed by atoms with E-state index in [1.165, 1.54) is 31.2 Å². The van der Waals surface area contributed by atoms with Crippen LogP contribution in [-0.4, -0.2) is 41.4 Å². The first-order chi connectivity index (χ1) is 17.4. The molecular formula is C25H34N4O6S2. The van der Waals surface area contributed by atoms with Crippen molar-refractivity contribution in [2.45, 2.75) is 68.7 Å². The van der Waals surface area contributed by atoms with Crippen LogP contribution in [0.1, 0.15) is 50.7 Å². The number of urea groups is 1. The summed E-state index contributed by atoms with van der Waals surface area (Å²) in [6, 6.07) is 9.82. The fraction of sp³-hybridized carbons (Fsp3) is 0.440. The number of anilines is 1. The number of amides is 3. The number of aryl methyl sites for hydroxylation is 1. The molecular weight excluding hydrogens is 516 g/mol. The highest BCUT2D eigenvalue weighted by molar-refractivity contribution is 7.90. The number of nitrogens with one attached hydrogen (secondary N) is 4. The fourth-order valence-electron chi connectivity index (χ4n) is 4.19. The second kappa shape index (κ2) is 12.1. The lowest BCUT2D eigenvalue weighted by Gasteiger charge is -2.26. The van der Waals surface area contributed by atoms with Gasteiger partial charge in [-0.15, -0.1) is 0 Å². The molecule has 0 atom stereocenters. The lowest BCUT2D eigenvalue weighted by Crippen LogP contribution is -2.45. The van der Waals surface area contributed by atoms with Crippen molar-refractivity contribution in [2.24, 2.45) is 5.92 Å². The number of carbonyl (C=O) groups is 2. The lowest BCUT2D eigenvalue weighted by molar-refractivity contribution is -0.114. The van der Waals surface area contributed by atoms with Gasteiger partial charge in [0.05, 0.1) is 10.6 Å². The van der Waals surface area contributed by atoms with Gasteiger partial charge in [0.15, 0.2) is 0 Å². The number of hydrogen-bond donors (Lipinski definition) is 4. The Morgan fingerprint density at radius 1 is 0.919 bits per heavy atom. The van der Waals surface area contributed by atoms with Crippen molar-refractivity contribution in [3.63, 3.8) is 0 Å². The van der Waals surface area contributed by atoms with Gasteiger partial charge in [0.25, 0.3) is 10.0 Å². The third kappa shape index (κ3) is 8.27. The van der Waals surface area contributed by atoms with Gasteiger partial charge in [-0.2, -0.15) is 0 Å². The largest absolute Gasteiger partial charge is 0.335 e. The van der Waals surface area contributed by atoms with Crippen molar-refractivity contribution >= 4 is 37.7 Å². The number of benzene rings is 2. The molecule has 202 valence electrons. The Bertz CT molecular complexity index is 1330. The van der Waals surface area contributed by atoms with E-state index >= 15 is 0 Å². The maximum absolute atomic E-state index is 12.8. The molecule has 1 aliphatic rings. The van der Waals surface area contributed by atoms with Crippen molar-refractivity contribution < 1.29 is 26.4 Å². The highest BCUT2D eigenvalue weighted by Gasteiger charge is 2.23. The minimum atomic E-state index is -4.04. The molecule has 4 N–H and O–H groups in total. The van der Waals surface area contributed by atoms with Crippen LogP contribution in [0.15, 0.2) is 52.3 Å². The lowest BCUT2D eigenvalue weighted by atomic mass is 9.87. The molecule has 2 aromatic rings. The quantitative estimate of drug-likeness (QED) is 0.377. The van der Waals surface area contributed by atoms with E-state index in [4.69, 9.17) is 0 Å². The zero-order valence-corrected chi connectivity index (χ0v) is 22.8. The van der Waals surface area contributed by atoms with Crippen molar-refractivity contribution in [3.05, 3.63) is 53.6 Å². The summed E-state index contributed by atoms with van der Waals surface area (Å²) < 4.78 is 55.4. The summed E-state index contributed by atoms with van der Waals surface area (Å²) in [5.74, 6) is 0.230. The van der Waals surface area contributed by atoms with Gasteiger partial charge in [-0.3, -0.25) is 4.79 Å². The molecule has 0 bridgehead atoms. The van der Waals surface area contributed by atoms with Gasteiger partial charge in [0.2, 0.25) is 15.9 Å². The molecule has 1 fully saturated rings. The average Bonchev–Trinajstić information content (AvgIpc) is 2.81. The number of carbonyl (C=O) groups excluding carboxylic acids is 2. The van der Waals surface area contributed by atoms with Crippen molar-refractivity contribution in [2.75, 3.05) is 11.9 Å².